The van der Waals surface area contributed by atoms with Gasteiger partial charge >= 0.3 is 0 Å². The smallest absolute Gasteiger partial charge is 0.171 e. The Balaban J connectivity index is 1.77. The van der Waals surface area contributed by atoms with Gasteiger partial charge in [0.15, 0.2) is 11.6 Å². The van der Waals surface area contributed by atoms with Crippen molar-refractivity contribution in [2.45, 2.75) is 19.4 Å². The van der Waals surface area contributed by atoms with Crippen LogP contribution in [-0.4, -0.2) is 46.4 Å². The number of nitrogens with zero attached hydrogens (tertiary/aromatic N) is 4. The van der Waals surface area contributed by atoms with Crippen molar-refractivity contribution in [1.29, 1.82) is 0 Å². The quantitative estimate of drug-likeness (QED) is 0.915. The lowest BCUT2D eigenvalue weighted by Crippen LogP contribution is -2.23. The molecular weight excluding hydrogens is 280 g/mol. The lowest BCUT2D eigenvalue weighted by Gasteiger charge is -2.20. The third-order valence-electron chi connectivity index (χ3n) is 3.99. The highest BCUT2D eigenvalue weighted by Crippen LogP contribution is 2.31. The molecule has 1 saturated heterocycles. The Morgan fingerprint density at radius 2 is 2.18 bits per heavy atom. The molecule has 6 heteroatoms. The van der Waals surface area contributed by atoms with Crippen LogP contribution < -0.4 is 9.64 Å². The molecule has 0 unspecified atom stereocenters. The van der Waals surface area contributed by atoms with E-state index in [1.54, 1.807) is 25.7 Å². The summed E-state index contributed by atoms with van der Waals surface area (Å²) in [4.78, 5) is 15.0. The zero-order valence-electron chi connectivity index (χ0n) is 12.8. The van der Waals surface area contributed by atoms with Crippen LogP contribution in [0.15, 0.2) is 30.7 Å². The van der Waals surface area contributed by atoms with Crippen LogP contribution in [0.5, 0.6) is 5.75 Å². The van der Waals surface area contributed by atoms with E-state index in [2.05, 4.69) is 19.9 Å². The fourth-order valence-corrected chi connectivity index (χ4v) is 2.85. The highest BCUT2D eigenvalue weighted by Gasteiger charge is 2.33. The van der Waals surface area contributed by atoms with Crippen molar-refractivity contribution in [2.75, 3.05) is 25.1 Å². The normalized spacial score (nSPS) is 21.1. The van der Waals surface area contributed by atoms with Crippen molar-refractivity contribution in [3.05, 3.63) is 42.1 Å². The van der Waals surface area contributed by atoms with E-state index in [0.29, 0.717) is 13.0 Å². The summed E-state index contributed by atoms with van der Waals surface area (Å²) in [7, 11) is 1.64. The van der Waals surface area contributed by atoms with Gasteiger partial charge in [-0.15, -0.1) is 0 Å². The second-order valence-electron chi connectivity index (χ2n) is 5.61. The van der Waals surface area contributed by atoms with E-state index in [9.17, 15) is 5.11 Å². The standard InChI is InChI=1S/C16H20N4O2/c1-11-3-4-15(22-2)16(19-11)20-9-12(14(21)10-20)7-13-8-17-5-6-18-13/h3-6,8,12,14,21H,7,9-10H2,1-2H3/t12-,14-/m1/s1. The average molecular weight is 300 g/mol. The molecule has 22 heavy (non-hydrogen) atoms. The van der Waals surface area contributed by atoms with Gasteiger partial charge in [-0.25, -0.2) is 4.98 Å². The van der Waals surface area contributed by atoms with Crippen molar-refractivity contribution < 1.29 is 9.84 Å². The molecule has 1 fully saturated rings. The van der Waals surface area contributed by atoms with Crippen molar-refractivity contribution in [3.63, 3.8) is 0 Å². The van der Waals surface area contributed by atoms with E-state index in [4.69, 9.17) is 4.74 Å². The van der Waals surface area contributed by atoms with E-state index < -0.39 is 6.10 Å². The van der Waals surface area contributed by atoms with Gasteiger partial charge in [0, 0.05) is 43.3 Å². The molecule has 0 aromatic carbocycles. The van der Waals surface area contributed by atoms with E-state index in [-0.39, 0.29) is 5.92 Å². The van der Waals surface area contributed by atoms with Gasteiger partial charge in [0.05, 0.1) is 18.9 Å². The highest BCUT2D eigenvalue weighted by molar-refractivity contribution is 5.54. The van der Waals surface area contributed by atoms with Gasteiger partial charge in [-0.05, 0) is 25.5 Å². The fraction of sp³-hybridized carbons (Fsp3) is 0.438. The van der Waals surface area contributed by atoms with Crippen molar-refractivity contribution in [1.82, 2.24) is 15.0 Å². The summed E-state index contributed by atoms with van der Waals surface area (Å²) in [6.45, 7) is 3.23. The van der Waals surface area contributed by atoms with Gasteiger partial charge in [0.1, 0.15) is 0 Å². The van der Waals surface area contributed by atoms with E-state index in [1.165, 1.54) is 0 Å². The van der Waals surface area contributed by atoms with Crippen LogP contribution in [0.4, 0.5) is 5.82 Å². The molecule has 1 aliphatic rings. The van der Waals surface area contributed by atoms with Gasteiger partial charge in [-0.1, -0.05) is 0 Å². The number of methoxy groups -OCH3 is 1. The molecule has 2 aromatic heterocycles. The first-order chi connectivity index (χ1) is 10.7. The maximum atomic E-state index is 10.4. The minimum atomic E-state index is -0.408. The number of aliphatic hydroxyl groups excluding tert-OH is 1. The number of aliphatic hydroxyl groups is 1. The molecule has 0 saturated carbocycles. The molecule has 0 bridgehead atoms. The first-order valence-electron chi connectivity index (χ1n) is 7.37. The summed E-state index contributed by atoms with van der Waals surface area (Å²) >= 11 is 0. The molecule has 1 aliphatic heterocycles. The van der Waals surface area contributed by atoms with Crippen LogP contribution in [0.1, 0.15) is 11.4 Å². The van der Waals surface area contributed by atoms with Crippen molar-refractivity contribution in [3.8, 4) is 5.75 Å². The number of aryl methyl sites for hydroxylation is 1. The molecule has 1 N–H and O–H groups in total. The Morgan fingerprint density at radius 3 is 2.91 bits per heavy atom. The number of hydrogen-bond acceptors (Lipinski definition) is 6. The second-order valence-corrected chi connectivity index (χ2v) is 5.61. The van der Waals surface area contributed by atoms with E-state index in [0.717, 1.165) is 29.5 Å². The lowest BCUT2D eigenvalue weighted by atomic mass is 10.0. The SMILES string of the molecule is COc1ccc(C)nc1N1C[C@@H](Cc2cnccn2)[C@H](O)C1. The first kappa shape index (κ1) is 14.7. The Kier molecular flexibility index (Phi) is 4.20. The molecule has 2 aromatic rings. The summed E-state index contributed by atoms with van der Waals surface area (Å²) < 4.78 is 5.39. The van der Waals surface area contributed by atoms with Gasteiger partial charge in [0.25, 0.3) is 0 Å². The van der Waals surface area contributed by atoms with Gasteiger partial charge < -0.3 is 14.7 Å². The van der Waals surface area contributed by atoms with Crippen molar-refractivity contribution >= 4 is 5.82 Å². The summed E-state index contributed by atoms with van der Waals surface area (Å²) in [5, 5.41) is 10.4. The van der Waals surface area contributed by atoms with Gasteiger partial charge in [-0.3, -0.25) is 9.97 Å². The van der Waals surface area contributed by atoms with E-state index in [1.807, 2.05) is 19.1 Å². The molecule has 0 radical (unpaired) electrons. The van der Waals surface area contributed by atoms with E-state index >= 15 is 0 Å². The number of pyridine rings is 1. The molecule has 116 valence electrons. The molecule has 2 atom stereocenters. The minimum Gasteiger partial charge on any atom is -0.493 e. The lowest BCUT2D eigenvalue weighted by molar-refractivity contribution is 0.147. The van der Waals surface area contributed by atoms with Crippen LogP contribution >= 0.6 is 0 Å². The number of rotatable bonds is 4. The van der Waals surface area contributed by atoms with Crippen molar-refractivity contribution in [2.24, 2.45) is 5.92 Å². The molecular formula is C16H20N4O2. The van der Waals surface area contributed by atoms with Crippen LogP contribution in [0.3, 0.4) is 0 Å². The largest absolute Gasteiger partial charge is 0.493 e. The summed E-state index contributed by atoms with van der Waals surface area (Å²) in [6.07, 6.45) is 5.39. The maximum Gasteiger partial charge on any atom is 0.171 e. The number of aromatic nitrogens is 3. The molecule has 0 amide bonds. The van der Waals surface area contributed by atoms with Gasteiger partial charge in [-0.2, -0.15) is 0 Å². The Hall–Kier alpha value is -2.21. The number of hydrogen-bond donors (Lipinski definition) is 1. The van der Waals surface area contributed by atoms with Crippen LogP contribution in [-0.2, 0) is 6.42 Å². The molecule has 0 aliphatic carbocycles. The number of anilines is 1. The van der Waals surface area contributed by atoms with Crippen LogP contribution in [0.25, 0.3) is 0 Å². The minimum absolute atomic E-state index is 0.115. The van der Waals surface area contributed by atoms with Crippen LogP contribution in [0.2, 0.25) is 0 Å². The number of β-amino-alcohol motifs (C(OH)–C–C–N with tert-alkyl or cyclic N) is 1. The molecule has 0 spiro atoms. The number of ether oxygens (including phenoxy) is 1. The Labute approximate surface area is 129 Å². The topological polar surface area (TPSA) is 71.4 Å². The predicted molar refractivity (Wildman–Crippen MR) is 83.0 cm³/mol. The second kappa shape index (κ2) is 6.27. The Bertz CT molecular complexity index is 635. The summed E-state index contributed by atoms with van der Waals surface area (Å²) in [6, 6.07) is 3.84. The Morgan fingerprint density at radius 1 is 1.32 bits per heavy atom. The third kappa shape index (κ3) is 3.01. The van der Waals surface area contributed by atoms with Gasteiger partial charge in [0.2, 0.25) is 0 Å². The van der Waals surface area contributed by atoms with Crippen LogP contribution in [0, 0.1) is 12.8 Å². The molecule has 6 nitrogen and oxygen atoms in total. The molecule has 3 rings (SSSR count). The molecule has 3 heterocycles. The fourth-order valence-electron chi connectivity index (χ4n) is 2.85. The monoisotopic (exact) mass is 300 g/mol. The summed E-state index contributed by atoms with van der Waals surface area (Å²) in [5.74, 6) is 1.64. The first-order valence-corrected chi connectivity index (χ1v) is 7.37. The predicted octanol–water partition coefficient (Wildman–Crippen LogP) is 1.23. The third-order valence-corrected chi connectivity index (χ3v) is 3.99. The zero-order chi connectivity index (χ0) is 15.5. The zero-order valence-corrected chi connectivity index (χ0v) is 12.8. The maximum absolute atomic E-state index is 10.4. The highest BCUT2D eigenvalue weighted by atomic mass is 16.5. The average Bonchev–Trinajstić information content (AvgIpc) is 2.89. The summed E-state index contributed by atoms with van der Waals surface area (Å²) in [5.41, 5.74) is 1.83.